The first-order valence-corrected chi connectivity index (χ1v) is 10.9. The zero-order chi connectivity index (χ0) is 23.9. The van der Waals surface area contributed by atoms with Gasteiger partial charge < -0.3 is 4.57 Å². The molecular weight excluding hydrogens is 464 g/mol. The maximum absolute atomic E-state index is 13.1. The van der Waals surface area contributed by atoms with Gasteiger partial charge in [-0.25, -0.2) is 0 Å². The van der Waals surface area contributed by atoms with E-state index in [0.29, 0.717) is 10.6 Å². The molecule has 1 aromatic heterocycles. The first-order valence-electron chi connectivity index (χ1n) is 9.63. The fourth-order valence-electron chi connectivity index (χ4n) is 3.63. The average Bonchev–Trinajstić information content (AvgIpc) is 3.22. The second kappa shape index (κ2) is 8.60. The molecule has 1 aliphatic rings. The van der Waals surface area contributed by atoms with Crippen LogP contribution in [0.1, 0.15) is 17.0 Å². The van der Waals surface area contributed by atoms with Crippen LogP contribution in [0.15, 0.2) is 59.5 Å². The van der Waals surface area contributed by atoms with Gasteiger partial charge in [-0.1, -0.05) is 30.0 Å². The zero-order valence-corrected chi connectivity index (χ0v) is 19.1. The van der Waals surface area contributed by atoms with Crippen LogP contribution in [-0.2, 0) is 4.79 Å². The van der Waals surface area contributed by atoms with Crippen LogP contribution in [-0.4, -0.2) is 24.6 Å². The number of aromatic nitrogens is 1. The molecule has 1 fully saturated rings. The van der Waals surface area contributed by atoms with E-state index in [0.717, 1.165) is 34.4 Å². The maximum atomic E-state index is 13.1. The van der Waals surface area contributed by atoms with Crippen LogP contribution in [0.3, 0.4) is 0 Å². The Kier molecular flexibility index (Phi) is 5.83. The third kappa shape index (κ3) is 4.15. The smallest absolute Gasteiger partial charge is 0.271 e. The van der Waals surface area contributed by atoms with Gasteiger partial charge in [-0.3, -0.25) is 29.9 Å². The largest absolute Gasteiger partial charge is 0.318 e. The lowest BCUT2D eigenvalue weighted by molar-refractivity contribution is -0.385. The van der Waals surface area contributed by atoms with Crippen molar-refractivity contribution in [2.75, 3.05) is 4.90 Å². The van der Waals surface area contributed by atoms with E-state index < -0.39 is 9.85 Å². The van der Waals surface area contributed by atoms with E-state index in [9.17, 15) is 25.0 Å². The predicted octanol–water partition coefficient (Wildman–Crippen LogP) is 5.32. The van der Waals surface area contributed by atoms with E-state index in [1.54, 1.807) is 24.3 Å². The number of thioether (sulfide) groups is 1. The number of carbonyl (C=O) groups is 1. The van der Waals surface area contributed by atoms with Crippen LogP contribution in [0, 0.1) is 34.1 Å². The van der Waals surface area contributed by atoms with Crippen molar-refractivity contribution >= 4 is 57.3 Å². The normalized spacial score (nSPS) is 14.8. The number of benzene rings is 2. The SMILES string of the molecule is Cc1cc(/C=C2/SC(=S)N(c3cccc([N+](=O)[O-])c3)C2=O)c(C)n1-c1ccc([N+](=O)[O-])cc1. The molecule has 0 spiro atoms. The number of carbonyl (C=O) groups excluding carboxylic acids is 1. The fraction of sp³-hybridized carbons (Fsp3) is 0.0909. The molecule has 1 aliphatic heterocycles. The molecule has 0 N–H and O–H groups in total. The molecule has 3 aromatic rings. The summed E-state index contributed by atoms with van der Waals surface area (Å²) in [6, 6.07) is 13.9. The molecule has 0 radical (unpaired) electrons. The minimum atomic E-state index is -0.524. The Morgan fingerprint density at radius 1 is 0.939 bits per heavy atom. The number of nitrogens with zero attached hydrogens (tertiary/aromatic N) is 4. The second-order valence-corrected chi connectivity index (χ2v) is 8.91. The van der Waals surface area contributed by atoms with Crippen molar-refractivity contribution in [3.63, 3.8) is 0 Å². The lowest BCUT2D eigenvalue weighted by atomic mass is 10.2. The molecule has 1 saturated heterocycles. The summed E-state index contributed by atoms with van der Waals surface area (Å²) >= 11 is 6.50. The highest BCUT2D eigenvalue weighted by molar-refractivity contribution is 8.27. The Morgan fingerprint density at radius 3 is 2.24 bits per heavy atom. The molecule has 33 heavy (non-hydrogen) atoms. The molecule has 0 unspecified atom stereocenters. The molecule has 1 amide bonds. The van der Waals surface area contributed by atoms with Crippen molar-refractivity contribution in [3.05, 3.63) is 96.7 Å². The van der Waals surface area contributed by atoms with E-state index in [1.165, 1.54) is 35.2 Å². The van der Waals surface area contributed by atoms with Crippen LogP contribution >= 0.6 is 24.0 Å². The number of nitro benzene ring substituents is 2. The van der Waals surface area contributed by atoms with Gasteiger partial charge in [-0.15, -0.1) is 0 Å². The van der Waals surface area contributed by atoms with Crippen LogP contribution in [0.4, 0.5) is 17.1 Å². The number of nitro groups is 2. The van der Waals surface area contributed by atoms with Gasteiger partial charge in [0.05, 0.1) is 20.4 Å². The van der Waals surface area contributed by atoms with E-state index in [2.05, 4.69) is 0 Å². The van der Waals surface area contributed by atoms with Crippen LogP contribution in [0.5, 0.6) is 0 Å². The van der Waals surface area contributed by atoms with Gasteiger partial charge in [0.15, 0.2) is 4.32 Å². The van der Waals surface area contributed by atoms with Gasteiger partial charge in [0.25, 0.3) is 17.3 Å². The molecule has 2 aromatic carbocycles. The molecule has 2 heterocycles. The van der Waals surface area contributed by atoms with Gasteiger partial charge in [0.1, 0.15) is 0 Å². The molecule has 11 heteroatoms. The van der Waals surface area contributed by atoms with E-state index >= 15 is 0 Å². The van der Waals surface area contributed by atoms with Crippen molar-refractivity contribution in [1.29, 1.82) is 0 Å². The highest BCUT2D eigenvalue weighted by Gasteiger charge is 2.34. The molecular formula is C22H16N4O5S2. The summed E-state index contributed by atoms with van der Waals surface area (Å²) in [7, 11) is 0. The molecule has 4 rings (SSSR count). The molecule has 166 valence electrons. The first-order chi connectivity index (χ1) is 15.7. The summed E-state index contributed by atoms with van der Waals surface area (Å²) in [6.45, 7) is 3.79. The Morgan fingerprint density at radius 2 is 1.61 bits per heavy atom. The topological polar surface area (TPSA) is 112 Å². The summed E-state index contributed by atoms with van der Waals surface area (Å²) in [4.78, 5) is 35.8. The van der Waals surface area contributed by atoms with Gasteiger partial charge in [-0.05, 0) is 49.8 Å². The Bertz CT molecular complexity index is 1360. The highest BCUT2D eigenvalue weighted by Crippen LogP contribution is 2.37. The summed E-state index contributed by atoms with van der Waals surface area (Å²) in [5.41, 5.74) is 3.52. The van der Waals surface area contributed by atoms with E-state index in [1.807, 2.05) is 24.5 Å². The average molecular weight is 481 g/mol. The van der Waals surface area contributed by atoms with Crippen LogP contribution in [0.2, 0.25) is 0 Å². The van der Waals surface area contributed by atoms with Crippen LogP contribution in [0.25, 0.3) is 11.8 Å². The Hall–Kier alpha value is -3.83. The third-order valence-electron chi connectivity index (χ3n) is 5.17. The molecule has 0 aliphatic carbocycles. The quantitative estimate of drug-likeness (QED) is 0.210. The molecule has 0 saturated carbocycles. The lowest BCUT2D eigenvalue weighted by Gasteiger charge is -2.13. The van der Waals surface area contributed by atoms with Gasteiger partial charge >= 0.3 is 0 Å². The number of aryl methyl sites for hydroxylation is 1. The number of hydrogen-bond donors (Lipinski definition) is 0. The van der Waals surface area contributed by atoms with Crippen molar-refractivity contribution in [3.8, 4) is 5.69 Å². The minimum absolute atomic E-state index is 0.00579. The van der Waals surface area contributed by atoms with Crippen molar-refractivity contribution in [2.24, 2.45) is 0 Å². The molecule has 0 atom stereocenters. The van der Waals surface area contributed by atoms with Gasteiger partial charge in [0.2, 0.25) is 0 Å². The summed E-state index contributed by atoms with van der Waals surface area (Å²) < 4.78 is 2.23. The summed E-state index contributed by atoms with van der Waals surface area (Å²) in [5.74, 6) is -0.356. The molecule has 0 bridgehead atoms. The Labute approximate surface area is 197 Å². The first kappa shape index (κ1) is 22.4. The van der Waals surface area contributed by atoms with Crippen LogP contribution < -0.4 is 4.90 Å². The third-order valence-corrected chi connectivity index (χ3v) is 6.47. The van der Waals surface area contributed by atoms with E-state index in [4.69, 9.17) is 12.2 Å². The number of amides is 1. The monoisotopic (exact) mass is 480 g/mol. The second-order valence-electron chi connectivity index (χ2n) is 7.23. The number of non-ortho nitro benzene ring substituents is 2. The number of rotatable bonds is 5. The van der Waals surface area contributed by atoms with E-state index in [-0.39, 0.29) is 21.6 Å². The van der Waals surface area contributed by atoms with Crippen molar-refractivity contribution < 1.29 is 14.6 Å². The number of hydrogen-bond acceptors (Lipinski definition) is 7. The molecule has 9 nitrogen and oxygen atoms in total. The predicted molar refractivity (Wildman–Crippen MR) is 131 cm³/mol. The van der Waals surface area contributed by atoms with Crippen molar-refractivity contribution in [1.82, 2.24) is 4.57 Å². The van der Waals surface area contributed by atoms with Gasteiger partial charge in [0, 0.05) is 41.3 Å². The van der Waals surface area contributed by atoms with Gasteiger partial charge in [-0.2, -0.15) is 0 Å². The number of anilines is 1. The standard InChI is InChI=1S/C22H16N4O5S2/c1-13-10-15(14(2)23(13)16-6-8-17(9-7-16)25(28)29)11-20-21(27)24(22(32)33-20)18-4-3-5-19(12-18)26(30)31/h3-12H,1-2H3/b20-11+. The summed E-state index contributed by atoms with van der Waals surface area (Å²) in [6.07, 6.45) is 1.74. The summed E-state index contributed by atoms with van der Waals surface area (Å²) in [5, 5.41) is 22.0. The maximum Gasteiger partial charge on any atom is 0.271 e. The lowest BCUT2D eigenvalue weighted by Crippen LogP contribution is -2.27. The minimum Gasteiger partial charge on any atom is -0.318 e. The Balaban J connectivity index is 1.67. The fourth-order valence-corrected chi connectivity index (χ4v) is 4.92. The van der Waals surface area contributed by atoms with Crippen molar-refractivity contribution in [2.45, 2.75) is 13.8 Å². The highest BCUT2D eigenvalue weighted by atomic mass is 32.2. The zero-order valence-electron chi connectivity index (χ0n) is 17.4. The number of thiocarbonyl (C=S) groups is 1.